The highest BCUT2D eigenvalue weighted by Gasteiger charge is 2.20. The maximum atomic E-state index is 11.8. The maximum absolute atomic E-state index is 11.8. The van der Waals surface area contributed by atoms with Crippen LogP contribution in [-0.2, 0) is 4.74 Å². The quantitative estimate of drug-likeness (QED) is 0.567. The molecule has 0 aliphatic carbocycles. The Morgan fingerprint density at radius 2 is 1.73 bits per heavy atom. The van der Waals surface area contributed by atoms with Crippen molar-refractivity contribution in [2.75, 3.05) is 6.54 Å². The first kappa shape index (κ1) is 22.8. The van der Waals surface area contributed by atoms with E-state index in [4.69, 9.17) is 14.2 Å². The van der Waals surface area contributed by atoms with E-state index in [2.05, 4.69) is 27.9 Å². The Morgan fingerprint density at radius 1 is 1.15 bits per heavy atom. The summed E-state index contributed by atoms with van der Waals surface area (Å²) in [5.74, 6) is 1.23. The van der Waals surface area contributed by atoms with Crippen LogP contribution in [-0.4, -0.2) is 35.6 Å². The van der Waals surface area contributed by atoms with Gasteiger partial charge in [-0.15, -0.1) is 0 Å². The van der Waals surface area contributed by atoms with Gasteiger partial charge in [-0.3, -0.25) is 0 Å². The van der Waals surface area contributed by atoms with Gasteiger partial charge in [0, 0.05) is 0 Å². The molecule has 1 atom stereocenters. The van der Waals surface area contributed by atoms with Gasteiger partial charge in [-0.1, -0.05) is 0 Å². The minimum absolute atomic E-state index is 0.00244. The number of rotatable bonds is 7. The summed E-state index contributed by atoms with van der Waals surface area (Å²) >= 11 is 2.16. The largest absolute Gasteiger partial charge is 0.487 e. The topological polar surface area (TPSA) is 77.0 Å². The van der Waals surface area contributed by atoms with Gasteiger partial charge in [0.25, 0.3) is 0 Å². The molecule has 1 amide bonds. The van der Waals surface area contributed by atoms with Crippen LogP contribution in [0, 0.1) is 3.57 Å². The molecule has 0 radical (unpaired) electrons. The first-order chi connectivity index (χ1) is 11.9. The summed E-state index contributed by atoms with van der Waals surface area (Å²) < 4.78 is 17.7. The molecule has 1 aromatic rings. The van der Waals surface area contributed by atoms with E-state index in [9.17, 15) is 9.90 Å². The van der Waals surface area contributed by atoms with Crippen LogP contribution in [0.5, 0.6) is 11.5 Å². The number of halogens is 1. The number of aliphatic hydroxyl groups excluding tert-OH is 1. The molecular formula is C19H30INO5. The van der Waals surface area contributed by atoms with Gasteiger partial charge in [0.15, 0.2) is 11.5 Å². The zero-order valence-electron chi connectivity index (χ0n) is 16.6. The Balaban J connectivity index is 2.94. The number of hydrogen-bond donors (Lipinski definition) is 2. The highest BCUT2D eigenvalue weighted by Crippen LogP contribution is 2.37. The van der Waals surface area contributed by atoms with Gasteiger partial charge in [0.2, 0.25) is 0 Å². The van der Waals surface area contributed by atoms with Gasteiger partial charge in [-0.2, -0.15) is 0 Å². The van der Waals surface area contributed by atoms with Gasteiger partial charge in [0.1, 0.15) is 5.60 Å². The predicted octanol–water partition coefficient (Wildman–Crippen LogP) is 4.42. The fourth-order valence-corrected chi connectivity index (χ4v) is 2.84. The monoisotopic (exact) mass is 479 g/mol. The van der Waals surface area contributed by atoms with Crippen molar-refractivity contribution in [1.29, 1.82) is 0 Å². The van der Waals surface area contributed by atoms with Crippen LogP contribution in [0.2, 0.25) is 0 Å². The normalized spacial score (nSPS) is 12.9. The van der Waals surface area contributed by atoms with Crippen molar-refractivity contribution in [3.63, 3.8) is 0 Å². The van der Waals surface area contributed by atoms with E-state index >= 15 is 0 Å². The first-order valence-electron chi connectivity index (χ1n) is 8.70. The lowest BCUT2D eigenvalue weighted by atomic mass is 10.1. The van der Waals surface area contributed by atoms with E-state index in [1.165, 1.54) is 0 Å². The maximum Gasteiger partial charge on any atom is 0.407 e. The van der Waals surface area contributed by atoms with Crippen LogP contribution in [0.25, 0.3) is 0 Å². The number of carbonyl (C=O) groups excluding carboxylic acids is 1. The lowest BCUT2D eigenvalue weighted by molar-refractivity contribution is 0.0491. The lowest BCUT2D eigenvalue weighted by Gasteiger charge is -2.22. The number of alkyl carbamates (subject to hydrolysis) is 1. The Morgan fingerprint density at radius 3 is 2.23 bits per heavy atom. The Labute approximate surface area is 169 Å². The van der Waals surface area contributed by atoms with E-state index in [-0.39, 0.29) is 18.8 Å². The minimum Gasteiger partial charge on any atom is -0.487 e. The van der Waals surface area contributed by atoms with Crippen LogP contribution < -0.4 is 14.8 Å². The molecule has 0 saturated carbocycles. The van der Waals surface area contributed by atoms with Gasteiger partial charge in [0.05, 0.1) is 28.4 Å². The molecule has 0 spiro atoms. The third kappa shape index (κ3) is 7.99. The fraction of sp³-hybridized carbons (Fsp3) is 0.632. The third-order valence-electron chi connectivity index (χ3n) is 2.97. The van der Waals surface area contributed by atoms with Crippen LogP contribution in [0.3, 0.4) is 0 Å². The molecule has 0 heterocycles. The highest BCUT2D eigenvalue weighted by atomic mass is 127. The molecule has 148 valence electrons. The van der Waals surface area contributed by atoms with Crippen molar-refractivity contribution < 1.29 is 24.1 Å². The van der Waals surface area contributed by atoms with Crippen molar-refractivity contribution in [2.45, 2.75) is 72.4 Å². The molecular weight excluding hydrogens is 449 g/mol. The number of ether oxygens (including phenoxy) is 3. The number of carbonyl (C=O) groups is 1. The summed E-state index contributed by atoms with van der Waals surface area (Å²) in [6.07, 6.45) is -1.49. The molecule has 7 heteroatoms. The minimum atomic E-state index is -0.890. The third-order valence-corrected chi connectivity index (χ3v) is 3.77. The van der Waals surface area contributed by atoms with E-state index < -0.39 is 17.8 Å². The zero-order valence-corrected chi connectivity index (χ0v) is 18.7. The van der Waals surface area contributed by atoms with Crippen molar-refractivity contribution in [3.05, 3.63) is 21.3 Å². The van der Waals surface area contributed by atoms with Gasteiger partial charge < -0.3 is 24.6 Å². The lowest BCUT2D eigenvalue weighted by Crippen LogP contribution is -2.34. The Kier molecular flexibility index (Phi) is 8.46. The fourth-order valence-electron chi connectivity index (χ4n) is 2.08. The standard InChI is InChI=1S/C19H30INO5/c1-11(2)24-16-9-13(8-14(20)17(16)25-12(3)4)15(22)10-21-18(23)26-19(5,6)7/h8-9,11-12,15,22H,10H2,1-7H3,(H,21,23)/t15-/m1/s1. The van der Waals surface area contributed by atoms with Crippen molar-refractivity contribution in [2.24, 2.45) is 0 Å². The summed E-state index contributed by atoms with van der Waals surface area (Å²) in [7, 11) is 0. The molecule has 0 unspecified atom stereocenters. The van der Waals surface area contributed by atoms with E-state index in [1.807, 2.05) is 33.8 Å². The second-order valence-corrected chi connectivity index (χ2v) is 8.72. The highest BCUT2D eigenvalue weighted by molar-refractivity contribution is 14.1. The van der Waals surface area contributed by atoms with E-state index in [0.29, 0.717) is 17.1 Å². The molecule has 0 bridgehead atoms. The van der Waals surface area contributed by atoms with Crippen LogP contribution in [0.1, 0.15) is 60.1 Å². The van der Waals surface area contributed by atoms with E-state index in [0.717, 1.165) is 3.57 Å². The van der Waals surface area contributed by atoms with E-state index in [1.54, 1.807) is 26.8 Å². The van der Waals surface area contributed by atoms with Gasteiger partial charge in [-0.25, -0.2) is 4.79 Å². The van der Waals surface area contributed by atoms with Crippen LogP contribution in [0.4, 0.5) is 4.79 Å². The smallest absolute Gasteiger partial charge is 0.407 e. The molecule has 0 fully saturated rings. The molecule has 0 aliphatic rings. The summed E-state index contributed by atoms with van der Waals surface area (Å²) in [5, 5.41) is 13.0. The SMILES string of the molecule is CC(C)Oc1cc([C@H](O)CNC(=O)OC(C)(C)C)cc(I)c1OC(C)C. The number of amides is 1. The summed E-state index contributed by atoms with van der Waals surface area (Å²) in [6, 6.07) is 3.58. The summed E-state index contributed by atoms with van der Waals surface area (Å²) in [6.45, 7) is 13.2. The first-order valence-corrected chi connectivity index (χ1v) is 9.78. The summed E-state index contributed by atoms with van der Waals surface area (Å²) in [5.41, 5.74) is 0.0515. The zero-order chi connectivity index (χ0) is 20.1. The average molecular weight is 479 g/mol. The molecule has 0 aromatic heterocycles. The van der Waals surface area contributed by atoms with Crippen LogP contribution in [0.15, 0.2) is 12.1 Å². The number of hydrogen-bond acceptors (Lipinski definition) is 5. The summed E-state index contributed by atoms with van der Waals surface area (Å²) in [4.78, 5) is 11.8. The van der Waals surface area contributed by atoms with Crippen molar-refractivity contribution >= 4 is 28.7 Å². The number of aliphatic hydroxyl groups is 1. The molecule has 2 N–H and O–H groups in total. The molecule has 26 heavy (non-hydrogen) atoms. The Bertz CT molecular complexity index is 611. The molecule has 6 nitrogen and oxygen atoms in total. The average Bonchev–Trinajstić information content (AvgIpc) is 2.45. The second-order valence-electron chi connectivity index (χ2n) is 7.56. The number of nitrogens with one attached hydrogen (secondary N) is 1. The Hall–Kier alpha value is -1.22. The van der Waals surface area contributed by atoms with Crippen molar-refractivity contribution in [3.8, 4) is 11.5 Å². The second kappa shape index (κ2) is 9.64. The molecule has 1 rings (SSSR count). The molecule has 1 aromatic carbocycles. The molecule has 0 saturated heterocycles. The van der Waals surface area contributed by atoms with Crippen LogP contribution >= 0.6 is 22.6 Å². The van der Waals surface area contributed by atoms with Crippen molar-refractivity contribution in [1.82, 2.24) is 5.32 Å². The number of benzene rings is 1. The van der Waals surface area contributed by atoms with Gasteiger partial charge in [-0.05, 0) is 88.8 Å². The predicted molar refractivity (Wildman–Crippen MR) is 110 cm³/mol. The molecule has 0 aliphatic heterocycles. The van der Waals surface area contributed by atoms with Gasteiger partial charge >= 0.3 is 6.09 Å².